The maximum Gasteiger partial charge on any atom is 0.123 e. The van der Waals surface area contributed by atoms with E-state index in [0.29, 0.717) is 12.3 Å². The second kappa shape index (κ2) is 6.92. The van der Waals surface area contributed by atoms with Gasteiger partial charge in [0.25, 0.3) is 0 Å². The molecule has 1 aromatic rings. The van der Waals surface area contributed by atoms with Crippen LogP contribution in [-0.2, 0) is 0 Å². The minimum absolute atomic E-state index is 0.0629. The van der Waals surface area contributed by atoms with Gasteiger partial charge in [0, 0.05) is 31.2 Å². The molecule has 0 amide bonds. The highest BCUT2D eigenvalue weighted by atomic mass is 16.5. The summed E-state index contributed by atoms with van der Waals surface area (Å²) in [6, 6.07) is 7.30. The normalized spacial score (nSPS) is 17.6. The molecule has 2 rings (SSSR count). The highest BCUT2D eigenvalue weighted by Crippen LogP contribution is 2.44. The van der Waals surface area contributed by atoms with Gasteiger partial charge in [-0.05, 0) is 25.0 Å². The third-order valence-corrected chi connectivity index (χ3v) is 3.66. The summed E-state index contributed by atoms with van der Waals surface area (Å²) >= 11 is 0. The summed E-state index contributed by atoms with van der Waals surface area (Å²) in [5.41, 5.74) is 0.0629. The van der Waals surface area contributed by atoms with Gasteiger partial charge in [-0.2, -0.15) is 0 Å². The van der Waals surface area contributed by atoms with E-state index in [9.17, 15) is 10.2 Å². The quantitative estimate of drug-likeness (QED) is 0.624. The first-order chi connectivity index (χ1) is 9.67. The van der Waals surface area contributed by atoms with E-state index in [2.05, 4.69) is 5.32 Å². The van der Waals surface area contributed by atoms with Crippen molar-refractivity contribution in [2.75, 3.05) is 33.4 Å². The molecule has 0 aliphatic heterocycles. The van der Waals surface area contributed by atoms with Crippen LogP contribution >= 0.6 is 0 Å². The standard InChI is InChI=1S/C15H23NO4/c1-19-13-3-2-4-14(7-13)20-9-12(18)8-16-10-15(11-17)5-6-15/h2-4,7,12,16-18H,5-6,8-11H2,1H3. The van der Waals surface area contributed by atoms with Crippen molar-refractivity contribution >= 4 is 0 Å². The van der Waals surface area contributed by atoms with E-state index in [0.717, 1.165) is 25.1 Å². The maximum absolute atomic E-state index is 9.85. The first-order valence-electron chi connectivity index (χ1n) is 6.94. The van der Waals surface area contributed by atoms with Gasteiger partial charge in [0.2, 0.25) is 0 Å². The van der Waals surface area contributed by atoms with Gasteiger partial charge in [-0.25, -0.2) is 0 Å². The van der Waals surface area contributed by atoms with Gasteiger partial charge in [0.05, 0.1) is 7.11 Å². The van der Waals surface area contributed by atoms with Crippen molar-refractivity contribution < 1.29 is 19.7 Å². The van der Waals surface area contributed by atoms with Crippen molar-refractivity contribution in [3.63, 3.8) is 0 Å². The van der Waals surface area contributed by atoms with E-state index in [-0.39, 0.29) is 18.6 Å². The molecule has 1 unspecified atom stereocenters. The summed E-state index contributed by atoms with van der Waals surface area (Å²) in [5.74, 6) is 1.41. The van der Waals surface area contributed by atoms with E-state index >= 15 is 0 Å². The molecular formula is C15H23NO4. The van der Waals surface area contributed by atoms with Gasteiger partial charge in [0.15, 0.2) is 0 Å². The molecule has 1 aliphatic rings. The molecule has 1 aromatic carbocycles. The Morgan fingerprint density at radius 2 is 2.10 bits per heavy atom. The number of hydrogen-bond acceptors (Lipinski definition) is 5. The third kappa shape index (κ3) is 4.37. The molecule has 1 fully saturated rings. The Labute approximate surface area is 119 Å². The fourth-order valence-corrected chi connectivity index (χ4v) is 2.01. The number of aliphatic hydroxyl groups is 2. The maximum atomic E-state index is 9.85. The Morgan fingerprint density at radius 3 is 2.75 bits per heavy atom. The Balaban J connectivity index is 1.65. The van der Waals surface area contributed by atoms with Crippen LogP contribution in [0.1, 0.15) is 12.8 Å². The smallest absolute Gasteiger partial charge is 0.123 e. The minimum atomic E-state index is -0.573. The summed E-state index contributed by atoms with van der Waals surface area (Å²) in [5, 5.41) is 22.2. The first-order valence-corrected chi connectivity index (χ1v) is 6.94. The van der Waals surface area contributed by atoms with Crippen LogP contribution in [0.4, 0.5) is 0 Å². The molecule has 1 atom stereocenters. The van der Waals surface area contributed by atoms with Crippen molar-refractivity contribution in [2.45, 2.75) is 18.9 Å². The number of nitrogens with one attached hydrogen (secondary N) is 1. The lowest BCUT2D eigenvalue weighted by atomic mass is 10.1. The van der Waals surface area contributed by atoms with E-state index in [1.807, 2.05) is 18.2 Å². The van der Waals surface area contributed by atoms with Crippen LogP contribution in [-0.4, -0.2) is 49.7 Å². The third-order valence-electron chi connectivity index (χ3n) is 3.66. The number of benzene rings is 1. The van der Waals surface area contributed by atoms with Crippen molar-refractivity contribution in [3.8, 4) is 11.5 Å². The molecule has 5 heteroatoms. The Hall–Kier alpha value is -1.30. The van der Waals surface area contributed by atoms with Gasteiger partial charge >= 0.3 is 0 Å². The average molecular weight is 281 g/mol. The second-order valence-electron chi connectivity index (χ2n) is 5.43. The topological polar surface area (TPSA) is 71.0 Å². The highest BCUT2D eigenvalue weighted by Gasteiger charge is 2.41. The van der Waals surface area contributed by atoms with Crippen LogP contribution < -0.4 is 14.8 Å². The lowest BCUT2D eigenvalue weighted by molar-refractivity contribution is 0.103. The predicted octanol–water partition coefficient (Wildman–Crippen LogP) is 0.797. The lowest BCUT2D eigenvalue weighted by Gasteiger charge is -2.16. The Kier molecular flexibility index (Phi) is 5.23. The summed E-state index contributed by atoms with van der Waals surface area (Å²) in [6.45, 7) is 1.66. The van der Waals surface area contributed by atoms with Crippen molar-refractivity contribution in [2.24, 2.45) is 5.41 Å². The second-order valence-corrected chi connectivity index (χ2v) is 5.43. The zero-order valence-corrected chi connectivity index (χ0v) is 11.8. The molecule has 3 N–H and O–H groups in total. The molecule has 112 valence electrons. The minimum Gasteiger partial charge on any atom is -0.497 e. The van der Waals surface area contributed by atoms with Crippen molar-refractivity contribution in [1.29, 1.82) is 0 Å². The fourth-order valence-electron chi connectivity index (χ4n) is 2.01. The fraction of sp³-hybridized carbons (Fsp3) is 0.600. The zero-order chi connectivity index (χ0) is 14.4. The van der Waals surface area contributed by atoms with Crippen LogP contribution in [0.2, 0.25) is 0 Å². The van der Waals surface area contributed by atoms with E-state index in [1.54, 1.807) is 13.2 Å². The molecule has 0 saturated heterocycles. The monoisotopic (exact) mass is 281 g/mol. The predicted molar refractivity (Wildman–Crippen MR) is 76.1 cm³/mol. The molecular weight excluding hydrogens is 258 g/mol. The number of rotatable bonds is 9. The van der Waals surface area contributed by atoms with Gasteiger partial charge in [-0.3, -0.25) is 0 Å². The van der Waals surface area contributed by atoms with Crippen LogP contribution in [0.15, 0.2) is 24.3 Å². The van der Waals surface area contributed by atoms with Crippen LogP contribution in [0.25, 0.3) is 0 Å². The largest absolute Gasteiger partial charge is 0.497 e. The Morgan fingerprint density at radius 1 is 1.35 bits per heavy atom. The van der Waals surface area contributed by atoms with E-state index < -0.39 is 6.10 Å². The number of methoxy groups -OCH3 is 1. The highest BCUT2D eigenvalue weighted by molar-refractivity contribution is 5.32. The molecule has 1 saturated carbocycles. The van der Waals surface area contributed by atoms with Gasteiger partial charge in [0.1, 0.15) is 24.2 Å². The first kappa shape index (κ1) is 15.1. The summed E-state index contributed by atoms with van der Waals surface area (Å²) in [4.78, 5) is 0. The van der Waals surface area contributed by atoms with Gasteiger partial charge < -0.3 is 25.0 Å². The summed E-state index contributed by atoms with van der Waals surface area (Å²) < 4.78 is 10.6. The molecule has 1 aliphatic carbocycles. The van der Waals surface area contributed by atoms with Crippen LogP contribution in [0.3, 0.4) is 0 Å². The molecule has 5 nitrogen and oxygen atoms in total. The van der Waals surface area contributed by atoms with Gasteiger partial charge in [-0.1, -0.05) is 6.07 Å². The molecule has 20 heavy (non-hydrogen) atoms. The molecule has 0 radical (unpaired) electrons. The molecule has 0 aromatic heterocycles. The van der Waals surface area contributed by atoms with Crippen LogP contribution in [0, 0.1) is 5.41 Å². The number of ether oxygens (including phenoxy) is 2. The summed E-state index contributed by atoms with van der Waals surface area (Å²) in [7, 11) is 1.60. The number of hydrogen-bond donors (Lipinski definition) is 3. The summed E-state index contributed by atoms with van der Waals surface area (Å²) in [6.07, 6.45) is 1.55. The lowest BCUT2D eigenvalue weighted by Crippen LogP contribution is -2.35. The average Bonchev–Trinajstić information content (AvgIpc) is 3.26. The number of aliphatic hydroxyl groups excluding tert-OH is 2. The van der Waals surface area contributed by atoms with Crippen molar-refractivity contribution in [1.82, 2.24) is 5.32 Å². The zero-order valence-electron chi connectivity index (χ0n) is 11.8. The molecule has 0 bridgehead atoms. The van der Waals surface area contributed by atoms with E-state index in [1.165, 1.54) is 0 Å². The molecule has 0 heterocycles. The molecule has 0 spiro atoms. The van der Waals surface area contributed by atoms with E-state index in [4.69, 9.17) is 9.47 Å². The Bertz CT molecular complexity index is 420. The van der Waals surface area contributed by atoms with Crippen molar-refractivity contribution in [3.05, 3.63) is 24.3 Å². The SMILES string of the molecule is COc1cccc(OCC(O)CNCC2(CO)CC2)c1. The van der Waals surface area contributed by atoms with Gasteiger partial charge in [-0.15, -0.1) is 0 Å². The van der Waals surface area contributed by atoms with Crippen LogP contribution in [0.5, 0.6) is 11.5 Å².